The molecule has 0 aliphatic heterocycles. The maximum absolute atomic E-state index is 9.03. The van der Waals surface area contributed by atoms with E-state index in [1.54, 1.807) is 24.0 Å². The van der Waals surface area contributed by atoms with E-state index >= 15 is 0 Å². The Labute approximate surface area is 54.0 Å². The predicted molar refractivity (Wildman–Crippen MR) is 33.8 cm³/mol. The lowest BCUT2D eigenvalue weighted by Gasteiger charge is -2.02. The molecule has 50 valence electrons. The second kappa shape index (κ2) is 2.19. The molecule has 1 N–H and O–H groups in total. The van der Waals surface area contributed by atoms with E-state index in [4.69, 9.17) is 5.11 Å². The second-order valence-corrected chi connectivity index (χ2v) is 2.11. The van der Waals surface area contributed by atoms with Gasteiger partial charge in [0.2, 0.25) is 0 Å². The third kappa shape index (κ3) is 1.10. The van der Waals surface area contributed by atoms with Gasteiger partial charge in [0, 0.05) is 7.05 Å². The summed E-state index contributed by atoms with van der Waals surface area (Å²) in [5.74, 6) is 0. The van der Waals surface area contributed by atoms with Crippen LogP contribution >= 0.6 is 0 Å². The molecule has 1 unspecified atom stereocenters. The van der Waals surface area contributed by atoms with Gasteiger partial charge in [-0.3, -0.25) is 0 Å². The normalized spacial score (nSPS) is 13.7. The van der Waals surface area contributed by atoms with E-state index in [0.29, 0.717) is 0 Å². The second-order valence-electron chi connectivity index (χ2n) is 2.11. The van der Waals surface area contributed by atoms with E-state index in [0.717, 1.165) is 5.69 Å². The molecule has 0 aliphatic rings. The fourth-order valence-corrected chi connectivity index (χ4v) is 0.770. The monoisotopic (exact) mass is 126 g/mol. The molecule has 3 heteroatoms. The number of aryl methyl sites for hydroxylation is 1. The molecule has 0 aromatic carbocycles. The molecule has 3 nitrogen and oxygen atoms in total. The van der Waals surface area contributed by atoms with Crippen LogP contribution in [0.25, 0.3) is 0 Å². The largest absolute Gasteiger partial charge is 0.387 e. The van der Waals surface area contributed by atoms with Crippen molar-refractivity contribution in [3.63, 3.8) is 0 Å². The van der Waals surface area contributed by atoms with Gasteiger partial charge in [0.25, 0.3) is 0 Å². The molecular weight excluding hydrogens is 116 g/mol. The van der Waals surface area contributed by atoms with Crippen molar-refractivity contribution in [3.8, 4) is 0 Å². The Bertz CT molecular complexity index is 193. The van der Waals surface area contributed by atoms with Crippen LogP contribution in [0.5, 0.6) is 0 Å². The lowest BCUT2D eigenvalue weighted by Crippen LogP contribution is -1.98. The van der Waals surface area contributed by atoms with E-state index in [2.05, 4.69) is 4.98 Å². The molecule has 1 aromatic heterocycles. The Morgan fingerprint density at radius 1 is 1.78 bits per heavy atom. The van der Waals surface area contributed by atoms with Crippen LogP contribution in [0, 0.1) is 0 Å². The van der Waals surface area contributed by atoms with Crippen molar-refractivity contribution < 1.29 is 5.11 Å². The van der Waals surface area contributed by atoms with E-state index in [1.165, 1.54) is 0 Å². The van der Waals surface area contributed by atoms with Crippen LogP contribution in [0.2, 0.25) is 0 Å². The molecule has 1 aromatic rings. The van der Waals surface area contributed by atoms with Crippen LogP contribution in [0.3, 0.4) is 0 Å². The lowest BCUT2D eigenvalue weighted by atomic mass is 10.3. The van der Waals surface area contributed by atoms with Gasteiger partial charge >= 0.3 is 0 Å². The summed E-state index contributed by atoms with van der Waals surface area (Å²) in [7, 11) is 1.86. The fraction of sp³-hybridized carbons (Fsp3) is 0.500. The first kappa shape index (κ1) is 6.29. The smallest absolute Gasteiger partial charge is 0.0946 e. The van der Waals surface area contributed by atoms with Crippen molar-refractivity contribution in [2.24, 2.45) is 7.05 Å². The number of rotatable bonds is 1. The van der Waals surface area contributed by atoms with Crippen molar-refractivity contribution in [1.29, 1.82) is 0 Å². The molecule has 0 fully saturated rings. The number of aromatic nitrogens is 2. The van der Waals surface area contributed by atoms with Gasteiger partial charge in [0.15, 0.2) is 0 Å². The molecule has 0 radical (unpaired) electrons. The topological polar surface area (TPSA) is 38.1 Å². The summed E-state index contributed by atoms with van der Waals surface area (Å²) in [4.78, 5) is 3.85. The summed E-state index contributed by atoms with van der Waals surface area (Å²) in [6.07, 6.45) is 2.91. The third-order valence-electron chi connectivity index (χ3n) is 1.28. The molecule has 0 saturated heterocycles. The molecular formula is C6H10N2O. The highest BCUT2D eigenvalue weighted by molar-refractivity contribution is 4.99. The van der Waals surface area contributed by atoms with Crippen LogP contribution in [-0.2, 0) is 7.05 Å². The zero-order chi connectivity index (χ0) is 6.85. The maximum Gasteiger partial charge on any atom is 0.0946 e. The van der Waals surface area contributed by atoms with Crippen LogP contribution in [-0.4, -0.2) is 14.7 Å². The quantitative estimate of drug-likeness (QED) is 0.594. The molecule has 0 bridgehead atoms. The Balaban J connectivity index is 2.94. The van der Waals surface area contributed by atoms with Crippen LogP contribution < -0.4 is 0 Å². The fourth-order valence-electron chi connectivity index (χ4n) is 0.770. The first-order valence-electron chi connectivity index (χ1n) is 2.86. The maximum atomic E-state index is 9.03. The molecule has 0 amide bonds. The summed E-state index contributed by atoms with van der Waals surface area (Å²) < 4.78 is 1.80. The van der Waals surface area contributed by atoms with Gasteiger partial charge < -0.3 is 9.67 Å². The van der Waals surface area contributed by atoms with Crippen LogP contribution in [0.4, 0.5) is 0 Å². The molecule has 1 rings (SSSR count). The van der Waals surface area contributed by atoms with Gasteiger partial charge in [-0.05, 0) is 6.92 Å². The van der Waals surface area contributed by atoms with E-state index in [1.807, 2.05) is 7.05 Å². The van der Waals surface area contributed by atoms with Crippen molar-refractivity contribution in [2.45, 2.75) is 13.0 Å². The van der Waals surface area contributed by atoms with Crippen molar-refractivity contribution in [1.82, 2.24) is 9.55 Å². The van der Waals surface area contributed by atoms with E-state index in [-0.39, 0.29) is 0 Å². The van der Waals surface area contributed by atoms with Crippen LogP contribution in [0.1, 0.15) is 18.7 Å². The standard InChI is InChI=1S/C6H10N2O/c1-5(9)6-3-7-4-8(6)2/h3-5,9H,1-2H3. The highest BCUT2D eigenvalue weighted by Crippen LogP contribution is 2.07. The van der Waals surface area contributed by atoms with Crippen molar-refractivity contribution in [2.75, 3.05) is 0 Å². The number of hydrogen-bond donors (Lipinski definition) is 1. The summed E-state index contributed by atoms with van der Waals surface area (Å²) in [6, 6.07) is 0. The highest BCUT2D eigenvalue weighted by atomic mass is 16.3. The number of nitrogens with zero attached hydrogens (tertiary/aromatic N) is 2. The SMILES string of the molecule is CC(O)c1cncn1C. The summed E-state index contributed by atoms with van der Waals surface area (Å²) in [5.41, 5.74) is 0.843. The Morgan fingerprint density at radius 3 is 2.67 bits per heavy atom. The molecule has 0 spiro atoms. The lowest BCUT2D eigenvalue weighted by molar-refractivity contribution is 0.190. The average molecular weight is 126 g/mol. The Kier molecular flexibility index (Phi) is 1.53. The van der Waals surface area contributed by atoms with Gasteiger partial charge in [0.05, 0.1) is 24.3 Å². The highest BCUT2D eigenvalue weighted by Gasteiger charge is 2.02. The van der Waals surface area contributed by atoms with E-state index in [9.17, 15) is 0 Å². The molecule has 0 saturated carbocycles. The number of aliphatic hydroxyl groups excluding tert-OH is 1. The average Bonchev–Trinajstić information content (AvgIpc) is 2.13. The number of hydrogen-bond acceptors (Lipinski definition) is 2. The minimum Gasteiger partial charge on any atom is -0.387 e. The summed E-state index contributed by atoms with van der Waals surface area (Å²) in [6.45, 7) is 1.72. The summed E-state index contributed by atoms with van der Waals surface area (Å²) >= 11 is 0. The number of aliphatic hydroxyl groups is 1. The van der Waals surface area contributed by atoms with Gasteiger partial charge in [-0.15, -0.1) is 0 Å². The van der Waals surface area contributed by atoms with Gasteiger partial charge in [-0.1, -0.05) is 0 Å². The third-order valence-corrected chi connectivity index (χ3v) is 1.28. The molecule has 1 heterocycles. The van der Waals surface area contributed by atoms with Crippen molar-refractivity contribution in [3.05, 3.63) is 18.2 Å². The molecule has 9 heavy (non-hydrogen) atoms. The van der Waals surface area contributed by atoms with Gasteiger partial charge in [-0.25, -0.2) is 4.98 Å². The van der Waals surface area contributed by atoms with E-state index < -0.39 is 6.10 Å². The molecule has 1 atom stereocenters. The van der Waals surface area contributed by atoms with Crippen molar-refractivity contribution >= 4 is 0 Å². The first-order chi connectivity index (χ1) is 4.22. The minimum absolute atomic E-state index is 0.419. The zero-order valence-electron chi connectivity index (χ0n) is 5.57. The minimum atomic E-state index is -0.419. The molecule has 0 aliphatic carbocycles. The summed E-state index contributed by atoms with van der Waals surface area (Å²) in [5, 5.41) is 9.03. The Morgan fingerprint density at radius 2 is 2.44 bits per heavy atom. The van der Waals surface area contributed by atoms with Gasteiger partial charge in [0.1, 0.15) is 0 Å². The predicted octanol–water partition coefficient (Wildman–Crippen LogP) is 0.473. The Hall–Kier alpha value is -0.830. The van der Waals surface area contributed by atoms with Crippen LogP contribution in [0.15, 0.2) is 12.5 Å². The number of imidazole rings is 1. The zero-order valence-corrected chi connectivity index (χ0v) is 5.57. The van der Waals surface area contributed by atoms with Gasteiger partial charge in [-0.2, -0.15) is 0 Å². The first-order valence-corrected chi connectivity index (χ1v) is 2.86.